The first-order valence-electron chi connectivity index (χ1n) is 34.1. The molecular formula is C71H99FN10O12S. The van der Waals surface area contributed by atoms with Crippen LogP contribution in [0.1, 0.15) is 185 Å². The number of ketones is 2. The molecule has 22 nitrogen and oxygen atoms in total. The molecule has 1 aliphatic heterocycles. The smallest absolute Gasteiger partial charge is 0.332 e. The number of hydrogen-bond donors (Lipinski definition) is 5. The maximum absolute atomic E-state index is 14.2. The number of rotatable bonds is 47. The first kappa shape index (κ1) is 75.2. The fraction of sp³-hybridized carbons (Fsp3) is 0.577. The number of carbonyl (C=O) groups excluding carboxylic acids is 6. The number of nitrogens with zero attached hydrogens (tertiary/aromatic N) is 5. The van der Waals surface area contributed by atoms with E-state index in [0.717, 1.165) is 153 Å². The van der Waals surface area contributed by atoms with Gasteiger partial charge in [-0.2, -0.15) is 8.42 Å². The topological polar surface area (TPSA) is 331 Å². The highest BCUT2D eigenvalue weighted by Gasteiger charge is 2.52. The van der Waals surface area contributed by atoms with Crippen molar-refractivity contribution in [1.82, 2.24) is 15.1 Å². The van der Waals surface area contributed by atoms with Crippen molar-refractivity contribution in [2.45, 2.75) is 176 Å². The standard InChI is InChI=1S/C71H99FN10O12S/c1-81(70(88)65-48-54(79-80-76)49-82(65)68(87)50-94-57-23-25-58(26-24-57)95(72,89)90)36-38-92-40-42-93-41-39-91-37-35-77-66(85)30-31-71-62-45-51(43-55(83)17-11-5-2-8-14-32-73)20-27-59(62)69(60-28-21-52(46-63(60)71)44-56(84)18-12-6-3-9-15-33-74)61-29-22-53(47-64(61)71)78-67(86)19-13-7-4-10-16-34-75/h20-29,45-47,54,65,69H,2-19,30-44,48-50,73-75H2,1H3,(H,77,85)(H,78,86)/t54-,65-,69?,71?/m0/s1. The van der Waals surface area contributed by atoms with Gasteiger partial charge in [0.2, 0.25) is 17.7 Å². The van der Waals surface area contributed by atoms with Gasteiger partial charge >= 0.3 is 10.2 Å². The van der Waals surface area contributed by atoms with Gasteiger partial charge in [-0.3, -0.25) is 28.8 Å². The molecule has 95 heavy (non-hydrogen) atoms. The molecule has 0 aromatic heterocycles. The number of halogens is 1. The lowest BCUT2D eigenvalue weighted by molar-refractivity contribution is -0.144. The molecule has 0 radical (unpaired) electrons. The molecule has 4 amide bonds. The summed E-state index contributed by atoms with van der Waals surface area (Å²) in [6, 6.07) is 21.8. The molecule has 8 N–H and O–H groups in total. The van der Waals surface area contributed by atoms with Crippen molar-refractivity contribution >= 4 is 51.1 Å². The van der Waals surface area contributed by atoms with Crippen LogP contribution in [0.25, 0.3) is 10.4 Å². The number of nitrogens with two attached hydrogens (primary N) is 3. The van der Waals surface area contributed by atoms with Crippen molar-refractivity contribution in [2.24, 2.45) is 22.3 Å². The normalized spacial score (nSPS) is 16.7. The van der Waals surface area contributed by atoms with E-state index in [-0.39, 0.29) is 120 Å². The molecule has 0 unspecified atom stereocenters. The molecule has 4 aromatic carbocycles. The molecule has 1 heterocycles. The summed E-state index contributed by atoms with van der Waals surface area (Å²) in [6.07, 6.45) is 17.0. The van der Waals surface area contributed by atoms with Crippen molar-refractivity contribution in [3.8, 4) is 5.75 Å². The number of nitrogens with one attached hydrogen (secondary N) is 2. The molecule has 1 fully saturated rings. The van der Waals surface area contributed by atoms with Crippen LogP contribution in [-0.2, 0) is 71.5 Å². The molecule has 0 saturated carbocycles. The van der Waals surface area contributed by atoms with Gasteiger partial charge in [0.15, 0.2) is 6.61 Å². The van der Waals surface area contributed by atoms with Gasteiger partial charge in [0.1, 0.15) is 23.4 Å². The second-order valence-corrected chi connectivity index (χ2v) is 26.5. The Labute approximate surface area is 559 Å². The van der Waals surface area contributed by atoms with Gasteiger partial charge < -0.3 is 56.6 Å². The third kappa shape index (κ3) is 22.5. The van der Waals surface area contributed by atoms with Gasteiger partial charge in [-0.1, -0.05) is 105 Å². The van der Waals surface area contributed by atoms with E-state index in [2.05, 4.69) is 69.2 Å². The number of likely N-dealkylation sites (N-methyl/N-ethyl adjacent to an activating group) is 1. The van der Waals surface area contributed by atoms with Crippen LogP contribution in [0.15, 0.2) is 88.9 Å². The number of anilines is 1. The molecule has 24 heteroatoms. The Morgan fingerprint density at radius 2 is 1.15 bits per heavy atom. The number of carbonyl (C=O) groups is 6. The summed E-state index contributed by atoms with van der Waals surface area (Å²) in [5.41, 5.74) is 34.1. The molecule has 2 atom stereocenters. The lowest BCUT2D eigenvalue weighted by Gasteiger charge is -2.51. The molecule has 8 rings (SSSR count). The predicted molar refractivity (Wildman–Crippen MR) is 362 cm³/mol. The number of likely N-dealkylation sites (tertiary alicyclic amines) is 1. The Kier molecular flexibility index (Phi) is 31.0. The van der Waals surface area contributed by atoms with Gasteiger partial charge in [-0.15, -0.1) is 3.89 Å². The predicted octanol–water partition coefficient (Wildman–Crippen LogP) is 9.31. The Morgan fingerprint density at radius 3 is 1.69 bits per heavy atom. The molecule has 4 aromatic rings. The van der Waals surface area contributed by atoms with Crippen molar-refractivity contribution in [2.75, 3.05) is 97.9 Å². The van der Waals surface area contributed by atoms with E-state index in [9.17, 15) is 41.1 Å². The van der Waals surface area contributed by atoms with Gasteiger partial charge in [0.05, 0.1) is 50.6 Å². The number of hydrogen-bond acceptors (Lipinski definition) is 16. The zero-order valence-electron chi connectivity index (χ0n) is 55.3. The van der Waals surface area contributed by atoms with Crippen molar-refractivity contribution in [3.63, 3.8) is 0 Å². The second kappa shape index (κ2) is 39.2. The Balaban J connectivity index is 0.949. The number of amides is 4. The van der Waals surface area contributed by atoms with Crippen LogP contribution < -0.4 is 32.6 Å². The lowest BCUT2D eigenvalue weighted by Crippen LogP contribution is -2.48. The Hall–Kier alpha value is -7.15. The lowest BCUT2D eigenvalue weighted by atomic mass is 9.51. The summed E-state index contributed by atoms with van der Waals surface area (Å²) in [6.45, 7) is 3.27. The maximum atomic E-state index is 14.2. The van der Waals surface area contributed by atoms with E-state index >= 15 is 0 Å². The highest BCUT2D eigenvalue weighted by atomic mass is 32.3. The van der Waals surface area contributed by atoms with Gasteiger partial charge in [0.25, 0.3) is 5.91 Å². The van der Waals surface area contributed by atoms with Crippen LogP contribution in [0.3, 0.4) is 0 Å². The highest BCUT2D eigenvalue weighted by Crippen LogP contribution is 2.61. The SMILES string of the molecule is CN(CCOCCOCCOCCNC(=O)CCC12c3cc(CC(=O)CCCCCCCN)ccc3C(c3ccc(CC(=O)CCCCCCCN)cc31)c1ccc(NC(=O)CCCCCCCN)cc12)C(=O)[C@@H]1C[C@H](N=[N+]=[N-])CN1C(=O)COc1ccc(S(=O)(=O)F)cc1. The van der Waals surface area contributed by atoms with Gasteiger partial charge in [-0.05, 0) is 157 Å². The Morgan fingerprint density at radius 1 is 0.642 bits per heavy atom. The Bertz CT molecular complexity index is 3150. The minimum atomic E-state index is -4.92. The van der Waals surface area contributed by atoms with Crippen LogP contribution in [0.2, 0.25) is 0 Å². The van der Waals surface area contributed by atoms with E-state index < -0.39 is 51.0 Å². The quantitative estimate of drug-likeness (QED) is 0.00904. The van der Waals surface area contributed by atoms with Crippen LogP contribution >= 0.6 is 0 Å². The summed E-state index contributed by atoms with van der Waals surface area (Å²) in [7, 11) is -3.35. The summed E-state index contributed by atoms with van der Waals surface area (Å²) < 4.78 is 58.5. The van der Waals surface area contributed by atoms with Crippen molar-refractivity contribution in [3.05, 3.63) is 134 Å². The number of azide groups is 1. The van der Waals surface area contributed by atoms with Crippen molar-refractivity contribution in [1.29, 1.82) is 0 Å². The fourth-order valence-electron chi connectivity index (χ4n) is 13.2. The number of benzene rings is 4. The monoisotopic (exact) mass is 1330 g/mol. The third-order valence-corrected chi connectivity index (χ3v) is 19.0. The summed E-state index contributed by atoms with van der Waals surface area (Å²) in [5, 5.41) is 10.0. The first-order valence-corrected chi connectivity index (χ1v) is 35.5. The van der Waals surface area contributed by atoms with Crippen LogP contribution in [0, 0.1) is 0 Å². The number of Topliss-reactive ketones (excluding diaryl/α,β-unsaturated/α-hetero) is 2. The number of unbranched alkanes of at least 4 members (excludes halogenated alkanes) is 12. The van der Waals surface area contributed by atoms with Crippen LogP contribution in [-0.4, -0.2) is 158 Å². The third-order valence-electron chi connectivity index (χ3n) is 18.2. The molecular weight excluding hydrogens is 1240 g/mol. The first-order chi connectivity index (χ1) is 46.0. The molecule has 3 aliphatic carbocycles. The largest absolute Gasteiger partial charge is 0.484 e. The molecule has 518 valence electrons. The van der Waals surface area contributed by atoms with E-state index in [4.69, 9.17) is 41.7 Å². The highest BCUT2D eigenvalue weighted by molar-refractivity contribution is 7.86. The summed E-state index contributed by atoms with van der Waals surface area (Å²) in [4.78, 5) is 87.0. The average molecular weight is 1340 g/mol. The van der Waals surface area contributed by atoms with E-state index in [1.165, 1.54) is 21.9 Å². The number of ether oxygens (including phenoxy) is 4. The van der Waals surface area contributed by atoms with Crippen LogP contribution in [0.5, 0.6) is 5.75 Å². The second-order valence-electron chi connectivity index (χ2n) is 25.2. The molecule has 2 bridgehead atoms. The van der Waals surface area contributed by atoms with E-state index in [1.807, 2.05) is 6.07 Å². The van der Waals surface area contributed by atoms with Crippen molar-refractivity contribution < 1.29 is 60.0 Å². The van der Waals surface area contributed by atoms with Gasteiger partial charge in [0, 0.05) is 87.1 Å². The zero-order valence-corrected chi connectivity index (χ0v) is 56.2. The summed E-state index contributed by atoms with van der Waals surface area (Å²) in [5.74, 6) is -0.905. The average Bonchev–Trinajstić information content (AvgIpc) is 0.825. The minimum Gasteiger partial charge on any atom is -0.484 e. The maximum Gasteiger partial charge on any atom is 0.332 e. The molecule has 1 saturated heterocycles. The van der Waals surface area contributed by atoms with E-state index in [1.54, 1.807) is 7.05 Å². The van der Waals surface area contributed by atoms with Gasteiger partial charge in [-0.25, -0.2) is 0 Å². The molecule has 4 aliphatic rings. The minimum absolute atomic E-state index is 0.0118. The van der Waals surface area contributed by atoms with E-state index in [0.29, 0.717) is 51.0 Å². The zero-order chi connectivity index (χ0) is 68.0. The fourth-order valence-corrected chi connectivity index (χ4v) is 13.7. The van der Waals surface area contributed by atoms with Crippen LogP contribution in [0.4, 0.5) is 9.57 Å². The molecule has 0 spiro atoms. The summed E-state index contributed by atoms with van der Waals surface area (Å²) >= 11 is 0.